The fourth-order valence-corrected chi connectivity index (χ4v) is 1.57. The molecule has 0 unspecified atom stereocenters. The van der Waals surface area contributed by atoms with Crippen molar-refractivity contribution in [2.24, 2.45) is 5.73 Å². The van der Waals surface area contributed by atoms with Gasteiger partial charge in [-0.15, -0.1) is 0 Å². The van der Waals surface area contributed by atoms with Crippen molar-refractivity contribution < 1.29 is 9.59 Å². The summed E-state index contributed by atoms with van der Waals surface area (Å²) in [5.74, 6) is -0.901. The molecule has 5 heteroatoms. The van der Waals surface area contributed by atoms with Crippen LogP contribution in [0.2, 0.25) is 5.02 Å². The van der Waals surface area contributed by atoms with Gasteiger partial charge in [0.2, 0.25) is 5.91 Å². The van der Waals surface area contributed by atoms with E-state index in [2.05, 4.69) is 5.32 Å². The van der Waals surface area contributed by atoms with Crippen molar-refractivity contribution in [2.75, 3.05) is 0 Å². The van der Waals surface area contributed by atoms with Crippen molar-refractivity contribution in [1.29, 1.82) is 0 Å². The van der Waals surface area contributed by atoms with E-state index in [0.717, 1.165) is 5.57 Å². The molecule has 0 spiro atoms. The summed E-state index contributed by atoms with van der Waals surface area (Å²) < 4.78 is 0. The Labute approximate surface area is 117 Å². The maximum absolute atomic E-state index is 11.9. The molecule has 1 atom stereocenters. The molecule has 1 aromatic carbocycles. The van der Waals surface area contributed by atoms with E-state index in [1.54, 1.807) is 24.3 Å². The number of primary amides is 1. The van der Waals surface area contributed by atoms with E-state index in [1.807, 2.05) is 19.9 Å². The van der Waals surface area contributed by atoms with E-state index in [0.29, 0.717) is 17.0 Å². The molecule has 1 aromatic rings. The maximum Gasteiger partial charge on any atom is 0.251 e. The van der Waals surface area contributed by atoms with Crippen molar-refractivity contribution in [3.8, 4) is 0 Å². The van der Waals surface area contributed by atoms with Crippen molar-refractivity contribution in [3.05, 3.63) is 46.5 Å². The molecular formula is C14H17ClN2O2. The molecule has 102 valence electrons. The fraction of sp³-hybridized carbons (Fsp3) is 0.286. The lowest BCUT2D eigenvalue weighted by molar-refractivity contribution is -0.119. The number of hydrogen-bond donors (Lipinski definition) is 2. The van der Waals surface area contributed by atoms with Crippen LogP contribution in [0, 0.1) is 0 Å². The second-order valence-electron chi connectivity index (χ2n) is 4.45. The van der Waals surface area contributed by atoms with E-state index in [-0.39, 0.29) is 5.91 Å². The quantitative estimate of drug-likeness (QED) is 0.812. The number of amides is 2. The number of halogens is 1. The monoisotopic (exact) mass is 280 g/mol. The molecule has 0 aromatic heterocycles. The van der Waals surface area contributed by atoms with Gasteiger partial charge in [0.1, 0.15) is 6.04 Å². The normalized spacial score (nSPS) is 11.5. The first-order chi connectivity index (χ1) is 8.90. The molecule has 19 heavy (non-hydrogen) atoms. The van der Waals surface area contributed by atoms with E-state index < -0.39 is 11.9 Å². The molecule has 0 saturated heterocycles. The van der Waals surface area contributed by atoms with Crippen LogP contribution in [0.3, 0.4) is 0 Å². The van der Waals surface area contributed by atoms with Gasteiger partial charge >= 0.3 is 0 Å². The Morgan fingerprint density at radius 3 is 2.37 bits per heavy atom. The molecule has 4 nitrogen and oxygen atoms in total. The maximum atomic E-state index is 11.9. The van der Waals surface area contributed by atoms with Crippen LogP contribution in [0.5, 0.6) is 0 Å². The van der Waals surface area contributed by atoms with Crippen LogP contribution in [0.15, 0.2) is 35.9 Å². The Morgan fingerprint density at radius 1 is 1.32 bits per heavy atom. The van der Waals surface area contributed by atoms with Crippen molar-refractivity contribution in [3.63, 3.8) is 0 Å². The SMILES string of the molecule is CC(C)=CC[C@H](NC(=O)c1ccc(Cl)cc1)C(N)=O. The van der Waals surface area contributed by atoms with E-state index >= 15 is 0 Å². The number of nitrogens with one attached hydrogen (secondary N) is 1. The highest BCUT2D eigenvalue weighted by atomic mass is 35.5. The smallest absolute Gasteiger partial charge is 0.251 e. The number of allylic oxidation sites excluding steroid dienone is 1. The molecule has 0 saturated carbocycles. The number of hydrogen-bond acceptors (Lipinski definition) is 2. The minimum Gasteiger partial charge on any atom is -0.368 e. The third kappa shape index (κ3) is 5.14. The average Bonchev–Trinajstić information content (AvgIpc) is 2.34. The molecule has 0 bridgehead atoms. The lowest BCUT2D eigenvalue weighted by atomic mass is 10.1. The molecule has 0 aliphatic heterocycles. The Bertz CT molecular complexity index is 491. The van der Waals surface area contributed by atoms with E-state index in [4.69, 9.17) is 17.3 Å². The van der Waals surface area contributed by atoms with Crippen LogP contribution < -0.4 is 11.1 Å². The number of carbonyl (C=O) groups excluding carboxylic acids is 2. The molecule has 0 aliphatic carbocycles. The van der Waals surface area contributed by atoms with Gasteiger partial charge in [0.25, 0.3) is 5.91 Å². The minimum absolute atomic E-state index is 0.345. The van der Waals surface area contributed by atoms with Gasteiger partial charge in [-0.25, -0.2) is 0 Å². The summed E-state index contributed by atoms with van der Waals surface area (Å²) in [4.78, 5) is 23.2. The standard InChI is InChI=1S/C14H17ClN2O2/c1-9(2)3-8-12(13(16)18)17-14(19)10-4-6-11(15)7-5-10/h3-7,12H,8H2,1-2H3,(H2,16,18)(H,17,19)/t12-/m0/s1. The molecule has 0 radical (unpaired) electrons. The lowest BCUT2D eigenvalue weighted by Gasteiger charge is -2.14. The van der Waals surface area contributed by atoms with Crippen LogP contribution in [-0.2, 0) is 4.79 Å². The van der Waals surface area contributed by atoms with E-state index in [9.17, 15) is 9.59 Å². The molecule has 0 aliphatic rings. The van der Waals surface area contributed by atoms with Gasteiger partial charge in [-0.05, 0) is 44.5 Å². The first-order valence-electron chi connectivity index (χ1n) is 5.89. The van der Waals surface area contributed by atoms with Crippen LogP contribution in [-0.4, -0.2) is 17.9 Å². The van der Waals surface area contributed by atoms with Crippen LogP contribution in [0.4, 0.5) is 0 Å². The second kappa shape index (κ2) is 6.95. The summed E-state index contributed by atoms with van der Waals surface area (Å²) in [5, 5.41) is 3.16. The van der Waals surface area contributed by atoms with Gasteiger partial charge in [-0.3, -0.25) is 9.59 Å². The van der Waals surface area contributed by atoms with Crippen molar-refractivity contribution in [2.45, 2.75) is 26.3 Å². The summed E-state index contributed by atoms with van der Waals surface area (Å²) in [5.41, 5.74) is 6.77. The third-order valence-electron chi connectivity index (χ3n) is 2.52. The van der Waals surface area contributed by atoms with Crippen LogP contribution in [0.25, 0.3) is 0 Å². The van der Waals surface area contributed by atoms with Gasteiger partial charge in [-0.1, -0.05) is 23.3 Å². The number of benzene rings is 1. The zero-order chi connectivity index (χ0) is 14.4. The highest BCUT2D eigenvalue weighted by molar-refractivity contribution is 6.30. The first-order valence-corrected chi connectivity index (χ1v) is 6.27. The zero-order valence-electron chi connectivity index (χ0n) is 10.9. The predicted molar refractivity (Wildman–Crippen MR) is 75.9 cm³/mol. The molecule has 0 heterocycles. The summed E-state index contributed by atoms with van der Waals surface area (Å²) in [6, 6.07) is 5.71. The second-order valence-corrected chi connectivity index (χ2v) is 4.89. The summed E-state index contributed by atoms with van der Waals surface area (Å²) in [6.07, 6.45) is 2.24. The average molecular weight is 281 g/mol. The Balaban J connectivity index is 2.74. The summed E-state index contributed by atoms with van der Waals surface area (Å²) in [6.45, 7) is 3.83. The van der Waals surface area contributed by atoms with Crippen molar-refractivity contribution in [1.82, 2.24) is 5.32 Å². The number of carbonyl (C=O) groups is 2. The Kier molecular flexibility index (Phi) is 5.57. The highest BCUT2D eigenvalue weighted by Gasteiger charge is 2.17. The largest absolute Gasteiger partial charge is 0.368 e. The Morgan fingerprint density at radius 2 is 1.89 bits per heavy atom. The fourth-order valence-electron chi connectivity index (χ4n) is 1.44. The Hall–Kier alpha value is -1.81. The topological polar surface area (TPSA) is 72.2 Å². The molecule has 2 amide bonds. The molecule has 1 rings (SSSR count). The number of nitrogens with two attached hydrogens (primary N) is 1. The van der Waals surface area contributed by atoms with Gasteiger partial charge in [0.05, 0.1) is 0 Å². The third-order valence-corrected chi connectivity index (χ3v) is 2.77. The van der Waals surface area contributed by atoms with Gasteiger partial charge in [0.15, 0.2) is 0 Å². The van der Waals surface area contributed by atoms with Gasteiger partial charge < -0.3 is 11.1 Å². The lowest BCUT2D eigenvalue weighted by Crippen LogP contribution is -2.44. The molecular weight excluding hydrogens is 264 g/mol. The predicted octanol–water partition coefficient (Wildman–Crippen LogP) is 2.28. The van der Waals surface area contributed by atoms with Gasteiger partial charge in [0, 0.05) is 10.6 Å². The number of rotatable bonds is 5. The van der Waals surface area contributed by atoms with Crippen LogP contribution in [0.1, 0.15) is 30.6 Å². The minimum atomic E-state index is -0.710. The summed E-state index contributed by atoms with van der Waals surface area (Å²) in [7, 11) is 0. The highest BCUT2D eigenvalue weighted by Crippen LogP contribution is 2.10. The van der Waals surface area contributed by atoms with Crippen LogP contribution >= 0.6 is 11.6 Å². The zero-order valence-corrected chi connectivity index (χ0v) is 11.7. The first kappa shape index (κ1) is 15.2. The van der Waals surface area contributed by atoms with Crippen molar-refractivity contribution >= 4 is 23.4 Å². The summed E-state index contributed by atoms with van der Waals surface area (Å²) >= 11 is 5.74. The molecule has 0 fully saturated rings. The molecule has 3 N–H and O–H groups in total. The van der Waals surface area contributed by atoms with E-state index in [1.165, 1.54) is 0 Å². The van der Waals surface area contributed by atoms with Gasteiger partial charge in [-0.2, -0.15) is 0 Å².